The van der Waals surface area contributed by atoms with Crippen LogP contribution < -0.4 is 27.0 Å². The third-order valence-electron chi connectivity index (χ3n) is 7.31. The first-order chi connectivity index (χ1) is 22.9. The zero-order valence-electron chi connectivity index (χ0n) is 27.0. The van der Waals surface area contributed by atoms with Gasteiger partial charge in [0.2, 0.25) is 17.7 Å². The van der Waals surface area contributed by atoms with Crippen molar-refractivity contribution in [1.29, 1.82) is 0 Å². The van der Waals surface area contributed by atoms with Gasteiger partial charge in [-0.2, -0.15) is 13.2 Å². The molecule has 0 unspecified atom stereocenters. The van der Waals surface area contributed by atoms with Crippen molar-refractivity contribution < 1.29 is 57.2 Å². The van der Waals surface area contributed by atoms with Crippen LogP contribution in [0.2, 0.25) is 0 Å². The second-order valence-corrected chi connectivity index (χ2v) is 11.9. The Morgan fingerprint density at radius 3 is 1.92 bits per heavy atom. The van der Waals surface area contributed by atoms with Gasteiger partial charge in [0.05, 0.1) is 43.9 Å². The number of hydrogen-bond acceptors (Lipinski definition) is 9. The van der Waals surface area contributed by atoms with Crippen molar-refractivity contribution in [3.63, 3.8) is 0 Å². The van der Waals surface area contributed by atoms with Crippen molar-refractivity contribution in [2.24, 2.45) is 11.7 Å². The summed E-state index contributed by atoms with van der Waals surface area (Å²) in [4.78, 5) is 58.6. The van der Waals surface area contributed by atoms with Crippen molar-refractivity contribution >= 4 is 29.7 Å². The molecular weight excluding hydrogens is 655 g/mol. The highest BCUT2D eigenvalue weighted by Crippen LogP contribution is 2.26. The van der Waals surface area contributed by atoms with E-state index in [1.165, 1.54) is 12.1 Å². The molecule has 0 bridgehead atoms. The van der Waals surface area contributed by atoms with Crippen molar-refractivity contribution in [2.75, 3.05) is 26.3 Å². The molecule has 1 heterocycles. The Morgan fingerprint density at radius 2 is 1.43 bits per heavy atom. The number of carboxylic acids is 2. The molecule has 1 aliphatic heterocycles. The summed E-state index contributed by atoms with van der Waals surface area (Å²) in [6, 6.07) is 13.5. The summed E-state index contributed by atoms with van der Waals surface area (Å²) in [5.41, 5.74) is 6.82. The Kier molecular flexibility index (Phi) is 15.4. The van der Waals surface area contributed by atoms with Gasteiger partial charge in [-0.1, -0.05) is 56.3 Å². The lowest BCUT2D eigenvalue weighted by Gasteiger charge is -2.49. The lowest BCUT2D eigenvalue weighted by atomic mass is 9.82. The molecule has 9 N–H and O–H groups in total. The monoisotopic (exact) mass is 697 g/mol. The van der Waals surface area contributed by atoms with Gasteiger partial charge in [-0.15, -0.1) is 0 Å². The Labute approximate surface area is 280 Å². The Morgan fingerprint density at radius 1 is 0.878 bits per heavy atom. The molecule has 0 saturated carbocycles. The minimum Gasteiger partial charge on any atom is -0.508 e. The Balaban J connectivity index is 0.00000107. The number of phenols is 1. The molecule has 1 fully saturated rings. The van der Waals surface area contributed by atoms with E-state index in [0.717, 1.165) is 11.1 Å². The van der Waals surface area contributed by atoms with Gasteiger partial charge < -0.3 is 41.7 Å². The molecule has 3 atom stereocenters. The highest BCUT2D eigenvalue weighted by Gasteiger charge is 2.48. The fourth-order valence-electron chi connectivity index (χ4n) is 4.75. The molecule has 0 spiro atoms. The molecule has 0 radical (unpaired) electrons. The van der Waals surface area contributed by atoms with E-state index in [1.54, 1.807) is 12.1 Å². The number of phenolic OH excluding ortho intramolecular Hbond substituents is 1. The zero-order valence-corrected chi connectivity index (χ0v) is 27.0. The lowest BCUT2D eigenvalue weighted by molar-refractivity contribution is -0.192. The maximum Gasteiger partial charge on any atom is 0.490 e. The van der Waals surface area contributed by atoms with Crippen LogP contribution in [0, 0.1) is 5.92 Å². The van der Waals surface area contributed by atoms with Crippen molar-refractivity contribution in [3.05, 3.63) is 65.7 Å². The predicted octanol–water partition coefficient (Wildman–Crippen LogP) is 0.713. The topological polar surface area (TPSA) is 229 Å². The standard InChI is InChI=1S/C30H41N5O7.C2HF3O2/c1-19(2)12-24(29(40)41)35-30(17-42-18-30)25(14-20-6-4-3-5-7-20)34-27(38)16-32-26(37)15-33-28(39)23(31)13-21-8-10-22(36)11-9-21;3-2(4,5)1(6)7/h3-11,19,23-25,35-36H,12-18,31H2,1-2H3,(H,32,37)(H,33,39)(H,34,38)(H,40,41);(H,6,7)/t23-,24-,25-;/m0./s1. The number of amides is 3. The summed E-state index contributed by atoms with van der Waals surface area (Å²) in [5, 5.41) is 37.5. The third-order valence-corrected chi connectivity index (χ3v) is 7.31. The van der Waals surface area contributed by atoms with Crippen molar-refractivity contribution in [3.8, 4) is 5.75 Å². The Bertz CT molecular complexity index is 1410. The summed E-state index contributed by atoms with van der Waals surface area (Å²) >= 11 is 0. The average molecular weight is 698 g/mol. The maximum atomic E-state index is 13.0. The number of carbonyl (C=O) groups is 5. The van der Waals surface area contributed by atoms with Crippen LogP contribution in [-0.2, 0) is 41.6 Å². The number of aromatic hydroxyl groups is 1. The smallest absolute Gasteiger partial charge is 0.490 e. The van der Waals surface area contributed by atoms with Crippen LogP contribution in [0.3, 0.4) is 0 Å². The van der Waals surface area contributed by atoms with E-state index in [0.29, 0.717) is 12.8 Å². The molecule has 1 aliphatic rings. The van der Waals surface area contributed by atoms with E-state index in [9.17, 15) is 42.6 Å². The quantitative estimate of drug-likeness (QED) is 0.122. The van der Waals surface area contributed by atoms with Gasteiger partial charge in [0.15, 0.2) is 0 Å². The number of carboxylic acid groups (broad SMARTS) is 2. The molecule has 0 aliphatic carbocycles. The minimum atomic E-state index is -5.08. The lowest BCUT2D eigenvalue weighted by Crippen LogP contribution is -2.74. The molecule has 1 saturated heterocycles. The van der Waals surface area contributed by atoms with Crippen LogP contribution in [0.15, 0.2) is 54.6 Å². The molecule has 14 nitrogen and oxygen atoms in total. The number of hydrogen-bond donors (Lipinski definition) is 8. The molecule has 17 heteroatoms. The number of ether oxygens (including phenoxy) is 1. The van der Waals surface area contributed by atoms with Gasteiger partial charge >= 0.3 is 18.1 Å². The van der Waals surface area contributed by atoms with E-state index in [-0.39, 0.29) is 44.4 Å². The van der Waals surface area contributed by atoms with Gasteiger partial charge in [-0.05, 0) is 48.4 Å². The molecule has 3 rings (SSSR count). The van der Waals surface area contributed by atoms with Crippen LogP contribution in [0.25, 0.3) is 0 Å². The number of nitrogens with one attached hydrogen (secondary N) is 4. The first-order valence-corrected chi connectivity index (χ1v) is 15.2. The summed E-state index contributed by atoms with van der Waals surface area (Å²) in [7, 11) is 0. The Hall–Kier alpha value is -4.74. The summed E-state index contributed by atoms with van der Waals surface area (Å²) in [6.07, 6.45) is -4.04. The van der Waals surface area contributed by atoms with E-state index in [1.807, 2.05) is 44.2 Å². The first kappa shape index (κ1) is 40.4. The van der Waals surface area contributed by atoms with Gasteiger partial charge in [0.25, 0.3) is 0 Å². The van der Waals surface area contributed by atoms with Crippen LogP contribution in [0.1, 0.15) is 31.4 Å². The van der Waals surface area contributed by atoms with Crippen LogP contribution in [0.5, 0.6) is 5.75 Å². The van der Waals surface area contributed by atoms with E-state index < -0.39 is 59.5 Å². The summed E-state index contributed by atoms with van der Waals surface area (Å²) < 4.78 is 37.2. The number of benzene rings is 2. The van der Waals surface area contributed by atoms with Crippen LogP contribution in [0.4, 0.5) is 13.2 Å². The van der Waals surface area contributed by atoms with Crippen LogP contribution >= 0.6 is 0 Å². The molecule has 3 amide bonds. The van der Waals surface area contributed by atoms with Gasteiger partial charge in [-0.3, -0.25) is 24.5 Å². The molecule has 2 aromatic carbocycles. The number of nitrogens with two attached hydrogens (primary N) is 1. The first-order valence-electron chi connectivity index (χ1n) is 15.2. The number of alkyl halides is 3. The van der Waals surface area contributed by atoms with Crippen molar-refractivity contribution in [1.82, 2.24) is 21.3 Å². The average Bonchev–Trinajstić information content (AvgIpc) is 3.00. The number of halogens is 3. The third kappa shape index (κ3) is 14.1. The number of aliphatic carboxylic acids is 2. The van der Waals surface area contributed by atoms with Crippen LogP contribution in [-0.4, -0.2) is 101 Å². The van der Waals surface area contributed by atoms with E-state index in [2.05, 4.69) is 21.3 Å². The highest BCUT2D eigenvalue weighted by atomic mass is 19.4. The van der Waals surface area contributed by atoms with Gasteiger partial charge in [0, 0.05) is 0 Å². The fraction of sp³-hybridized carbons (Fsp3) is 0.469. The molecule has 2 aromatic rings. The van der Waals surface area contributed by atoms with E-state index >= 15 is 0 Å². The number of rotatable bonds is 16. The van der Waals surface area contributed by atoms with Crippen molar-refractivity contribution in [2.45, 2.75) is 63.0 Å². The molecular formula is C32H42F3N5O9. The molecule has 0 aromatic heterocycles. The van der Waals surface area contributed by atoms with Gasteiger partial charge in [-0.25, -0.2) is 4.79 Å². The molecule has 270 valence electrons. The summed E-state index contributed by atoms with van der Waals surface area (Å²) in [5.74, 6) is -5.06. The largest absolute Gasteiger partial charge is 0.508 e. The predicted molar refractivity (Wildman–Crippen MR) is 169 cm³/mol. The number of carbonyl (C=O) groups excluding carboxylic acids is 3. The highest BCUT2D eigenvalue weighted by molar-refractivity contribution is 5.89. The zero-order chi connectivity index (χ0) is 36.8. The second-order valence-electron chi connectivity index (χ2n) is 11.9. The second kappa shape index (κ2) is 18.7. The SMILES string of the molecule is CC(C)C[C@H](NC1([C@H](Cc2ccccc2)NC(=O)CNC(=O)CNC(=O)[C@@H](N)Cc2ccc(O)cc2)COC1)C(=O)O.O=C(O)C(F)(F)F. The maximum absolute atomic E-state index is 13.0. The fourth-order valence-corrected chi connectivity index (χ4v) is 4.75. The van der Waals surface area contributed by atoms with Gasteiger partial charge in [0.1, 0.15) is 11.8 Å². The minimum absolute atomic E-state index is 0.104. The summed E-state index contributed by atoms with van der Waals surface area (Å²) in [6.45, 7) is 3.62. The molecule has 49 heavy (non-hydrogen) atoms. The normalized spacial score (nSPS) is 15.3. The van der Waals surface area contributed by atoms with E-state index in [4.69, 9.17) is 20.4 Å².